The SMILES string of the molecule is COc1c(OCc2cccc(F)c2)cc2oc3cc4c(c(OCc5ccccn5)c3c(=O)c2c1CC=C(C)C)C=CC(C)(C)O4. The molecular formula is C37H34FNO6. The van der Waals surface area contributed by atoms with Crippen LogP contribution in [0.15, 0.2) is 87.7 Å². The van der Waals surface area contributed by atoms with E-state index >= 15 is 0 Å². The summed E-state index contributed by atoms with van der Waals surface area (Å²) in [5.41, 5.74) is 3.48. The van der Waals surface area contributed by atoms with E-state index < -0.39 is 5.60 Å². The Morgan fingerprint density at radius 3 is 2.53 bits per heavy atom. The lowest BCUT2D eigenvalue weighted by Gasteiger charge is -2.29. The Hall–Kier alpha value is -5.11. The van der Waals surface area contributed by atoms with Crippen molar-refractivity contribution in [2.24, 2.45) is 0 Å². The molecule has 1 aliphatic heterocycles. The van der Waals surface area contributed by atoms with Crippen LogP contribution in [0.3, 0.4) is 0 Å². The first-order valence-electron chi connectivity index (χ1n) is 14.7. The Morgan fingerprint density at radius 1 is 0.978 bits per heavy atom. The van der Waals surface area contributed by atoms with E-state index in [0.29, 0.717) is 73.7 Å². The van der Waals surface area contributed by atoms with Gasteiger partial charge in [0.15, 0.2) is 11.5 Å². The predicted octanol–water partition coefficient (Wildman–Crippen LogP) is 8.34. The normalized spacial score (nSPS) is 13.3. The van der Waals surface area contributed by atoms with Gasteiger partial charge in [-0.05, 0) is 76.1 Å². The fourth-order valence-electron chi connectivity index (χ4n) is 5.41. The van der Waals surface area contributed by atoms with Crippen LogP contribution in [0.5, 0.6) is 23.0 Å². The first kappa shape index (κ1) is 29.9. The van der Waals surface area contributed by atoms with Gasteiger partial charge in [-0.25, -0.2) is 4.39 Å². The van der Waals surface area contributed by atoms with Crippen molar-refractivity contribution < 1.29 is 27.8 Å². The Morgan fingerprint density at radius 2 is 1.80 bits per heavy atom. The van der Waals surface area contributed by atoms with E-state index in [-0.39, 0.29) is 24.5 Å². The lowest BCUT2D eigenvalue weighted by molar-refractivity contribution is 0.158. The van der Waals surface area contributed by atoms with E-state index in [0.717, 1.165) is 5.57 Å². The molecule has 0 saturated heterocycles. The van der Waals surface area contributed by atoms with E-state index in [1.165, 1.54) is 19.2 Å². The minimum atomic E-state index is -0.571. The zero-order valence-corrected chi connectivity index (χ0v) is 25.9. The molecule has 6 rings (SSSR count). The van der Waals surface area contributed by atoms with Crippen molar-refractivity contribution in [3.63, 3.8) is 0 Å². The highest BCUT2D eigenvalue weighted by molar-refractivity contribution is 5.99. The molecule has 0 aliphatic carbocycles. The van der Waals surface area contributed by atoms with E-state index in [2.05, 4.69) is 4.98 Å². The Bertz CT molecular complexity index is 2020. The van der Waals surface area contributed by atoms with Gasteiger partial charge in [-0.15, -0.1) is 0 Å². The van der Waals surface area contributed by atoms with Crippen molar-refractivity contribution in [3.05, 3.63) is 117 Å². The van der Waals surface area contributed by atoms with Gasteiger partial charge in [0, 0.05) is 23.9 Å². The third kappa shape index (κ3) is 6.13. The lowest BCUT2D eigenvalue weighted by atomic mass is 9.97. The van der Waals surface area contributed by atoms with Crippen molar-refractivity contribution in [1.82, 2.24) is 4.98 Å². The second-order valence-corrected chi connectivity index (χ2v) is 11.7. The third-order valence-electron chi connectivity index (χ3n) is 7.54. The van der Waals surface area contributed by atoms with Gasteiger partial charge in [-0.1, -0.05) is 29.8 Å². The average molecular weight is 608 g/mol. The molecule has 0 amide bonds. The van der Waals surface area contributed by atoms with Crippen molar-refractivity contribution in [1.29, 1.82) is 0 Å². The van der Waals surface area contributed by atoms with E-state index in [1.54, 1.807) is 30.5 Å². The molecule has 7 nitrogen and oxygen atoms in total. The van der Waals surface area contributed by atoms with Crippen molar-refractivity contribution in [2.45, 2.75) is 52.9 Å². The minimum Gasteiger partial charge on any atom is -0.493 e. The van der Waals surface area contributed by atoms with E-state index in [4.69, 9.17) is 23.4 Å². The van der Waals surface area contributed by atoms with Crippen LogP contribution in [0.1, 0.15) is 50.1 Å². The molecule has 45 heavy (non-hydrogen) atoms. The second kappa shape index (κ2) is 12.1. The molecule has 8 heteroatoms. The maximum absolute atomic E-state index is 14.6. The summed E-state index contributed by atoms with van der Waals surface area (Å²) in [6, 6.07) is 15.2. The first-order chi connectivity index (χ1) is 21.6. The van der Waals surface area contributed by atoms with Crippen LogP contribution in [0, 0.1) is 5.82 Å². The smallest absolute Gasteiger partial charge is 0.204 e. The predicted molar refractivity (Wildman–Crippen MR) is 173 cm³/mol. The van der Waals surface area contributed by atoms with Crippen LogP contribution in [0.25, 0.3) is 28.0 Å². The molecule has 0 bridgehead atoms. The van der Waals surface area contributed by atoms with Crippen LogP contribution in [-0.4, -0.2) is 17.7 Å². The third-order valence-corrected chi connectivity index (χ3v) is 7.54. The highest BCUT2D eigenvalue weighted by Crippen LogP contribution is 2.44. The van der Waals surface area contributed by atoms with Crippen molar-refractivity contribution in [3.8, 4) is 23.0 Å². The number of aromatic nitrogens is 1. The number of hydrogen-bond donors (Lipinski definition) is 0. The van der Waals surface area contributed by atoms with Crippen LogP contribution in [0.4, 0.5) is 4.39 Å². The zero-order valence-electron chi connectivity index (χ0n) is 25.9. The first-order valence-corrected chi connectivity index (χ1v) is 14.7. The van der Waals surface area contributed by atoms with Gasteiger partial charge in [0.25, 0.3) is 0 Å². The number of benzene rings is 3. The molecule has 0 fully saturated rings. The maximum Gasteiger partial charge on any atom is 0.204 e. The average Bonchev–Trinajstić information content (AvgIpc) is 3.00. The van der Waals surface area contributed by atoms with Gasteiger partial charge < -0.3 is 23.4 Å². The molecule has 0 unspecified atom stereocenters. The van der Waals surface area contributed by atoms with Crippen LogP contribution >= 0.6 is 0 Å². The number of pyridine rings is 1. The topological polar surface area (TPSA) is 80.0 Å². The zero-order chi connectivity index (χ0) is 31.7. The number of halogens is 1. The second-order valence-electron chi connectivity index (χ2n) is 11.7. The molecule has 230 valence electrons. The molecule has 0 N–H and O–H groups in total. The number of fused-ring (bicyclic) bond motifs is 3. The molecule has 3 aromatic carbocycles. The van der Waals surface area contributed by atoms with Crippen LogP contribution in [0.2, 0.25) is 0 Å². The van der Waals surface area contributed by atoms with Gasteiger partial charge >= 0.3 is 0 Å². The summed E-state index contributed by atoms with van der Waals surface area (Å²) in [5, 5.41) is 0.651. The standard InChI is InChI=1S/C37H34FNO6/c1-22(2)12-13-27-32-29(19-31(35(27)41-5)42-20-23-9-8-10-24(38)17-23)44-30-18-28-26(14-15-37(3,4)45-28)36(33(30)34(32)40)43-21-25-11-6-7-16-39-25/h6-12,14-19H,13,20-21H2,1-5H3. The van der Waals surface area contributed by atoms with Gasteiger partial charge in [0.2, 0.25) is 5.43 Å². The van der Waals surface area contributed by atoms with Crippen LogP contribution < -0.4 is 24.4 Å². The molecule has 3 heterocycles. The number of rotatable bonds is 9. The molecule has 0 radical (unpaired) electrons. The van der Waals surface area contributed by atoms with Gasteiger partial charge in [0.05, 0.1) is 23.8 Å². The van der Waals surface area contributed by atoms with Crippen molar-refractivity contribution in [2.75, 3.05) is 7.11 Å². The van der Waals surface area contributed by atoms with E-state index in [1.807, 2.05) is 64.1 Å². The number of hydrogen-bond acceptors (Lipinski definition) is 7. The number of nitrogens with zero attached hydrogens (tertiary/aromatic N) is 1. The Labute approximate surface area is 260 Å². The summed E-state index contributed by atoms with van der Waals surface area (Å²) in [7, 11) is 1.53. The summed E-state index contributed by atoms with van der Waals surface area (Å²) < 4.78 is 45.1. The number of methoxy groups -OCH3 is 1. The molecule has 0 spiro atoms. The Kier molecular flexibility index (Phi) is 8.06. The summed E-state index contributed by atoms with van der Waals surface area (Å²) in [6.45, 7) is 8.11. The van der Waals surface area contributed by atoms with Gasteiger partial charge in [0.1, 0.15) is 52.7 Å². The summed E-state index contributed by atoms with van der Waals surface area (Å²) in [4.78, 5) is 19.0. The molecular weight excluding hydrogens is 573 g/mol. The monoisotopic (exact) mass is 607 g/mol. The maximum atomic E-state index is 14.6. The minimum absolute atomic E-state index is 0.0911. The quantitative estimate of drug-likeness (QED) is 0.123. The Balaban J connectivity index is 1.59. The number of allylic oxidation sites excluding steroid dienone is 2. The molecule has 0 atom stereocenters. The largest absolute Gasteiger partial charge is 0.493 e. The van der Waals surface area contributed by atoms with Gasteiger partial charge in [-0.3, -0.25) is 9.78 Å². The molecule has 0 saturated carbocycles. The molecule has 5 aromatic rings. The molecule has 1 aliphatic rings. The highest BCUT2D eigenvalue weighted by Gasteiger charge is 2.29. The summed E-state index contributed by atoms with van der Waals surface area (Å²) in [6.07, 6.45) is 7.95. The van der Waals surface area contributed by atoms with Crippen molar-refractivity contribution >= 4 is 28.0 Å². The molecule has 2 aromatic heterocycles. The lowest BCUT2D eigenvalue weighted by Crippen LogP contribution is -2.27. The fraction of sp³-hybridized carbons (Fsp3) is 0.243. The number of ether oxygens (including phenoxy) is 4. The highest BCUT2D eigenvalue weighted by atomic mass is 19.1. The summed E-state index contributed by atoms with van der Waals surface area (Å²) in [5.74, 6) is 1.32. The van der Waals surface area contributed by atoms with Gasteiger partial charge in [-0.2, -0.15) is 0 Å². The van der Waals surface area contributed by atoms with E-state index in [9.17, 15) is 9.18 Å². The van der Waals surface area contributed by atoms with Crippen LogP contribution in [-0.2, 0) is 19.6 Å². The summed E-state index contributed by atoms with van der Waals surface area (Å²) >= 11 is 0. The fourth-order valence-corrected chi connectivity index (χ4v) is 5.41.